The van der Waals surface area contributed by atoms with Crippen molar-refractivity contribution in [1.82, 2.24) is 15.6 Å². The number of amides is 1. The zero-order valence-corrected chi connectivity index (χ0v) is 17.0. The molecule has 30 heavy (non-hydrogen) atoms. The van der Waals surface area contributed by atoms with E-state index in [0.717, 1.165) is 12.8 Å². The number of rotatable bonds is 10. The number of carbonyl (C=O) groups excluding carboxylic acids is 1. The van der Waals surface area contributed by atoms with Gasteiger partial charge in [-0.1, -0.05) is 37.5 Å². The van der Waals surface area contributed by atoms with Crippen molar-refractivity contribution in [3.05, 3.63) is 58.3 Å². The summed E-state index contributed by atoms with van der Waals surface area (Å²) >= 11 is 0. The van der Waals surface area contributed by atoms with Crippen molar-refractivity contribution in [3.8, 4) is 11.6 Å². The standard InChI is InChI=1S/C22H28N4O4/c27-21(25-18-8-3-1-4-9-18)12-7-13-23-15-17-14-22(24-16-20(17)26(28)29)30-19-10-5-2-6-11-19/h2,5-6,10-11,14,16,18,23H,1,3-4,7-9,12-13,15H2,(H,25,27). The van der Waals surface area contributed by atoms with Crippen LogP contribution in [0, 0.1) is 10.1 Å². The molecule has 2 aromatic rings. The predicted octanol–water partition coefficient (Wildman–Crippen LogP) is 4.10. The summed E-state index contributed by atoms with van der Waals surface area (Å²) in [6, 6.07) is 11.0. The molecule has 1 aromatic heterocycles. The fraction of sp³-hybridized carbons (Fsp3) is 0.455. The molecule has 0 bridgehead atoms. The summed E-state index contributed by atoms with van der Waals surface area (Å²) in [5.74, 6) is 0.995. The zero-order valence-electron chi connectivity index (χ0n) is 17.0. The van der Waals surface area contributed by atoms with Crippen LogP contribution in [-0.4, -0.2) is 28.4 Å². The van der Waals surface area contributed by atoms with Crippen molar-refractivity contribution in [2.75, 3.05) is 6.54 Å². The molecule has 1 aromatic carbocycles. The summed E-state index contributed by atoms with van der Waals surface area (Å²) in [5, 5.41) is 17.6. The monoisotopic (exact) mass is 412 g/mol. The number of hydrogen-bond donors (Lipinski definition) is 2. The first-order valence-electron chi connectivity index (χ1n) is 10.5. The number of ether oxygens (including phenoxy) is 1. The van der Waals surface area contributed by atoms with Crippen LogP contribution in [0.4, 0.5) is 5.69 Å². The minimum absolute atomic E-state index is 0.0575. The van der Waals surface area contributed by atoms with Gasteiger partial charge in [-0.05, 0) is 37.9 Å². The first-order chi connectivity index (χ1) is 14.6. The molecular formula is C22H28N4O4. The maximum Gasteiger partial charge on any atom is 0.292 e. The Bertz CT molecular complexity index is 838. The molecule has 0 spiro atoms. The molecule has 0 atom stereocenters. The second-order valence-electron chi connectivity index (χ2n) is 7.51. The second kappa shape index (κ2) is 11.3. The highest BCUT2D eigenvalue weighted by atomic mass is 16.6. The Hall–Kier alpha value is -3.00. The third-order valence-corrected chi connectivity index (χ3v) is 5.15. The number of benzene rings is 1. The SMILES string of the molecule is O=C(CCCNCc1cc(Oc2ccccc2)ncc1[N+](=O)[O-])NC1CCCCC1. The minimum Gasteiger partial charge on any atom is -0.439 e. The molecule has 2 N–H and O–H groups in total. The summed E-state index contributed by atoms with van der Waals surface area (Å²) in [6.45, 7) is 0.890. The Morgan fingerprint density at radius 2 is 1.97 bits per heavy atom. The van der Waals surface area contributed by atoms with E-state index in [9.17, 15) is 14.9 Å². The van der Waals surface area contributed by atoms with Gasteiger partial charge in [0.05, 0.1) is 10.5 Å². The van der Waals surface area contributed by atoms with Gasteiger partial charge in [0.15, 0.2) is 0 Å². The molecule has 1 amide bonds. The number of hydrogen-bond acceptors (Lipinski definition) is 6. The van der Waals surface area contributed by atoms with Crippen molar-refractivity contribution in [2.45, 2.75) is 57.5 Å². The summed E-state index contributed by atoms with van der Waals surface area (Å²) < 4.78 is 5.67. The van der Waals surface area contributed by atoms with Crippen LogP contribution >= 0.6 is 0 Å². The lowest BCUT2D eigenvalue weighted by atomic mass is 9.95. The fourth-order valence-corrected chi connectivity index (χ4v) is 3.58. The normalized spacial score (nSPS) is 14.3. The van der Waals surface area contributed by atoms with E-state index in [1.54, 1.807) is 18.2 Å². The minimum atomic E-state index is -0.450. The van der Waals surface area contributed by atoms with Crippen LogP contribution in [0.2, 0.25) is 0 Å². The maximum atomic E-state index is 12.1. The molecule has 1 aliphatic rings. The number of nitrogens with zero attached hydrogens (tertiary/aromatic N) is 2. The van der Waals surface area contributed by atoms with E-state index in [2.05, 4.69) is 15.6 Å². The van der Waals surface area contributed by atoms with Gasteiger partial charge < -0.3 is 15.4 Å². The summed E-state index contributed by atoms with van der Waals surface area (Å²) in [7, 11) is 0. The van der Waals surface area contributed by atoms with Gasteiger partial charge in [0.25, 0.3) is 5.69 Å². The molecule has 0 saturated heterocycles. The van der Waals surface area contributed by atoms with E-state index in [1.165, 1.54) is 25.5 Å². The highest BCUT2D eigenvalue weighted by molar-refractivity contribution is 5.76. The van der Waals surface area contributed by atoms with Crippen LogP contribution in [0.25, 0.3) is 0 Å². The van der Waals surface area contributed by atoms with Crippen LogP contribution in [0.5, 0.6) is 11.6 Å². The molecule has 1 heterocycles. The van der Waals surface area contributed by atoms with Crippen LogP contribution in [0.3, 0.4) is 0 Å². The topological polar surface area (TPSA) is 106 Å². The van der Waals surface area contributed by atoms with Crippen molar-refractivity contribution < 1.29 is 14.5 Å². The number of nitrogens with one attached hydrogen (secondary N) is 2. The van der Waals surface area contributed by atoms with Crippen molar-refractivity contribution >= 4 is 11.6 Å². The van der Waals surface area contributed by atoms with E-state index in [0.29, 0.717) is 49.2 Å². The summed E-state index contributed by atoms with van der Waals surface area (Å²) in [5.41, 5.74) is 0.436. The fourth-order valence-electron chi connectivity index (χ4n) is 3.58. The summed E-state index contributed by atoms with van der Waals surface area (Å²) in [6.07, 6.45) is 8.12. The highest BCUT2D eigenvalue weighted by Gasteiger charge is 2.17. The average molecular weight is 412 g/mol. The van der Waals surface area contributed by atoms with Gasteiger partial charge in [0, 0.05) is 25.1 Å². The molecule has 1 fully saturated rings. The van der Waals surface area contributed by atoms with Crippen molar-refractivity contribution in [1.29, 1.82) is 0 Å². The Morgan fingerprint density at radius 1 is 1.20 bits per heavy atom. The Kier molecular flexibility index (Phi) is 8.14. The number of carbonyl (C=O) groups is 1. The van der Waals surface area contributed by atoms with Gasteiger partial charge in [0.1, 0.15) is 11.9 Å². The van der Waals surface area contributed by atoms with Gasteiger partial charge in [-0.15, -0.1) is 0 Å². The van der Waals surface area contributed by atoms with Gasteiger partial charge in [0.2, 0.25) is 11.8 Å². The lowest BCUT2D eigenvalue weighted by molar-refractivity contribution is -0.385. The molecule has 0 unspecified atom stereocenters. The summed E-state index contributed by atoms with van der Waals surface area (Å²) in [4.78, 5) is 26.9. The highest BCUT2D eigenvalue weighted by Crippen LogP contribution is 2.25. The van der Waals surface area contributed by atoms with Crippen molar-refractivity contribution in [2.24, 2.45) is 0 Å². The van der Waals surface area contributed by atoms with E-state index in [4.69, 9.17) is 4.74 Å². The molecular weight excluding hydrogens is 384 g/mol. The number of nitro groups is 1. The Morgan fingerprint density at radius 3 is 2.70 bits per heavy atom. The van der Waals surface area contributed by atoms with E-state index in [-0.39, 0.29) is 11.6 Å². The maximum absolute atomic E-state index is 12.1. The lowest BCUT2D eigenvalue weighted by Crippen LogP contribution is -2.36. The quantitative estimate of drug-likeness (QED) is 0.346. The van der Waals surface area contributed by atoms with Crippen molar-refractivity contribution in [3.63, 3.8) is 0 Å². The third kappa shape index (κ3) is 6.81. The predicted molar refractivity (Wildman–Crippen MR) is 113 cm³/mol. The van der Waals surface area contributed by atoms with Crippen LogP contribution in [0.15, 0.2) is 42.6 Å². The second-order valence-corrected chi connectivity index (χ2v) is 7.51. The molecule has 1 saturated carbocycles. The average Bonchev–Trinajstić information content (AvgIpc) is 2.75. The molecule has 160 valence electrons. The van der Waals surface area contributed by atoms with Crippen LogP contribution < -0.4 is 15.4 Å². The zero-order chi connectivity index (χ0) is 21.2. The van der Waals surface area contributed by atoms with Crippen LogP contribution in [-0.2, 0) is 11.3 Å². The van der Waals surface area contributed by atoms with E-state index in [1.807, 2.05) is 18.2 Å². The molecule has 0 radical (unpaired) electrons. The third-order valence-electron chi connectivity index (χ3n) is 5.15. The molecule has 8 nitrogen and oxygen atoms in total. The molecule has 3 rings (SSSR count). The first kappa shape index (κ1) is 21.7. The van der Waals surface area contributed by atoms with Crippen LogP contribution in [0.1, 0.15) is 50.5 Å². The van der Waals surface area contributed by atoms with Gasteiger partial charge >= 0.3 is 0 Å². The van der Waals surface area contributed by atoms with Gasteiger partial charge in [-0.2, -0.15) is 0 Å². The van der Waals surface area contributed by atoms with E-state index >= 15 is 0 Å². The Balaban J connectivity index is 1.46. The molecule has 8 heteroatoms. The number of para-hydroxylation sites is 1. The molecule has 1 aliphatic carbocycles. The Labute approximate surface area is 176 Å². The first-order valence-corrected chi connectivity index (χ1v) is 10.5. The molecule has 0 aliphatic heterocycles. The largest absolute Gasteiger partial charge is 0.439 e. The number of aromatic nitrogens is 1. The van der Waals surface area contributed by atoms with E-state index < -0.39 is 4.92 Å². The number of pyridine rings is 1. The lowest BCUT2D eigenvalue weighted by Gasteiger charge is -2.22. The van der Waals surface area contributed by atoms with Gasteiger partial charge in [-0.3, -0.25) is 14.9 Å². The van der Waals surface area contributed by atoms with Gasteiger partial charge in [-0.25, -0.2) is 4.98 Å². The smallest absolute Gasteiger partial charge is 0.292 e.